The summed E-state index contributed by atoms with van der Waals surface area (Å²) in [6.07, 6.45) is 1.58. The lowest BCUT2D eigenvalue weighted by Crippen LogP contribution is -2.53. The van der Waals surface area contributed by atoms with Crippen molar-refractivity contribution in [3.05, 3.63) is 11.8 Å². The van der Waals surface area contributed by atoms with E-state index in [2.05, 4.69) is 29.6 Å². The quantitative estimate of drug-likeness (QED) is 0.767. The highest BCUT2D eigenvalue weighted by Gasteiger charge is 2.36. The molecule has 1 fully saturated rings. The fourth-order valence-corrected chi connectivity index (χ4v) is 2.43. The van der Waals surface area contributed by atoms with Crippen LogP contribution in [0.3, 0.4) is 0 Å². The van der Waals surface area contributed by atoms with Gasteiger partial charge in [-0.2, -0.15) is 5.10 Å². The van der Waals surface area contributed by atoms with Gasteiger partial charge >= 0.3 is 6.03 Å². The minimum Gasteiger partial charge on any atom is -0.394 e. The fraction of sp³-hybridized carbons (Fsp3) is 0.714. The molecule has 2 rings (SSSR count). The lowest BCUT2D eigenvalue weighted by Gasteiger charge is -2.25. The molecule has 7 nitrogen and oxygen atoms in total. The summed E-state index contributed by atoms with van der Waals surface area (Å²) in [4.78, 5) is 12.1. The molecule has 2 amide bonds. The number of nitrogens with zero attached hydrogens (tertiary/aromatic N) is 2. The zero-order chi connectivity index (χ0) is 15.5. The summed E-state index contributed by atoms with van der Waals surface area (Å²) in [7, 11) is 0. The van der Waals surface area contributed by atoms with Crippen LogP contribution in [-0.4, -0.2) is 46.3 Å². The Morgan fingerprint density at radius 2 is 2.43 bits per heavy atom. The molecule has 1 aliphatic heterocycles. The molecule has 7 heteroatoms. The van der Waals surface area contributed by atoms with Crippen molar-refractivity contribution in [2.75, 3.05) is 25.1 Å². The first-order valence-electron chi connectivity index (χ1n) is 7.33. The SMILES string of the molecule is CCC(C)n1nc(NC(=O)NC2(CO)CCOC2)cc1C. The van der Waals surface area contributed by atoms with Crippen LogP contribution >= 0.6 is 0 Å². The first-order valence-corrected chi connectivity index (χ1v) is 7.33. The first-order chi connectivity index (χ1) is 9.99. The summed E-state index contributed by atoms with van der Waals surface area (Å²) >= 11 is 0. The molecule has 21 heavy (non-hydrogen) atoms. The van der Waals surface area contributed by atoms with Crippen molar-refractivity contribution in [3.63, 3.8) is 0 Å². The smallest absolute Gasteiger partial charge is 0.321 e. The molecule has 0 aromatic carbocycles. The Morgan fingerprint density at radius 3 is 3.00 bits per heavy atom. The summed E-state index contributed by atoms with van der Waals surface area (Å²) in [5, 5.41) is 19.3. The van der Waals surface area contributed by atoms with Crippen LogP contribution < -0.4 is 10.6 Å². The van der Waals surface area contributed by atoms with E-state index in [0.29, 0.717) is 25.5 Å². The number of hydrogen-bond acceptors (Lipinski definition) is 4. The standard InChI is InChI=1S/C14H24N4O3/c1-4-10(2)18-11(3)7-12(17-18)15-13(20)16-14(8-19)5-6-21-9-14/h7,10,19H,4-6,8-9H2,1-3H3,(H2,15,16,17,20). The van der Waals surface area contributed by atoms with Crippen molar-refractivity contribution in [2.45, 2.75) is 45.2 Å². The predicted molar refractivity (Wildman–Crippen MR) is 79.4 cm³/mol. The van der Waals surface area contributed by atoms with E-state index in [-0.39, 0.29) is 18.7 Å². The van der Waals surface area contributed by atoms with Crippen LogP contribution in [0.1, 0.15) is 38.4 Å². The van der Waals surface area contributed by atoms with Crippen LogP contribution in [0.2, 0.25) is 0 Å². The van der Waals surface area contributed by atoms with E-state index in [0.717, 1.165) is 12.1 Å². The molecule has 0 saturated carbocycles. The third-order valence-electron chi connectivity index (χ3n) is 3.96. The van der Waals surface area contributed by atoms with Crippen molar-refractivity contribution in [1.29, 1.82) is 0 Å². The van der Waals surface area contributed by atoms with Gasteiger partial charge in [-0.3, -0.25) is 10.00 Å². The molecule has 1 saturated heterocycles. The van der Waals surface area contributed by atoms with Gasteiger partial charge < -0.3 is 15.2 Å². The summed E-state index contributed by atoms with van der Waals surface area (Å²) in [6, 6.07) is 1.75. The van der Waals surface area contributed by atoms with Crippen molar-refractivity contribution in [3.8, 4) is 0 Å². The maximum atomic E-state index is 12.1. The number of hydrogen-bond donors (Lipinski definition) is 3. The molecule has 0 radical (unpaired) electrons. The second-order valence-corrected chi connectivity index (χ2v) is 5.69. The second kappa shape index (κ2) is 6.44. The van der Waals surface area contributed by atoms with Crippen LogP contribution in [0.4, 0.5) is 10.6 Å². The number of nitrogens with one attached hydrogen (secondary N) is 2. The third-order valence-corrected chi connectivity index (χ3v) is 3.96. The largest absolute Gasteiger partial charge is 0.394 e. The Bertz CT molecular complexity index is 494. The van der Waals surface area contributed by atoms with Crippen LogP contribution in [0, 0.1) is 6.92 Å². The summed E-state index contributed by atoms with van der Waals surface area (Å²) in [6.45, 7) is 6.88. The Balaban J connectivity index is 1.99. The van der Waals surface area contributed by atoms with Gasteiger partial charge in [0.2, 0.25) is 0 Å². The summed E-state index contributed by atoms with van der Waals surface area (Å²) in [5.41, 5.74) is 0.319. The minimum absolute atomic E-state index is 0.138. The van der Waals surface area contributed by atoms with Crippen LogP contribution in [0.15, 0.2) is 6.07 Å². The Labute approximate surface area is 124 Å². The van der Waals surface area contributed by atoms with Gasteiger partial charge in [0, 0.05) is 24.4 Å². The van der Waals surface area contributed by atoms with Gasteiger partial charge in [-0.25, -0.2) is 4.79 Å². The third kappa shape index (κ3) is 3.54. The molecule has 1 aliphatic rings. The van der Waals surface area contributed by atoms with E-state index in [1.54, 1.807) is 0 Å². The number of carbonyl (C=O) groups excluding carboxylic acids is 1. The molecule has 118 valence electrons. The maximum absolute atomic E-state index is 12.1. The Kier molecular flexibility index (Phi) is 4.84. The number of aliphatic hydroxyl groups is 1. The number of aromatic nitrogens is 2. The maximum Gasteiger partial charge on any atom is 0.321 e. The van der Waals surface area contributed by atoms with Crippen LogP contribution in [0.25, 0.3) is 0 Å². The van der Waals surface area contributed by atoms with Gasteiger partial charge in [-0.05, 0) is 26.7 Å². The molecule has 1 aromatic rings. The van der Waals surface area contributed by atoms with Crippen molar-refractivity contribution in [1.82, 2.24) is 15.1 Å². The molecular formula is C14H24N4O3. The van der Waals surface area contributed by atoms with E-state index in [9.17, 15) is 9.90 Å². The Hall–Kier alpha value is -1.60. The molecule has 2 heterocycles. The molecular weight excluding hydrogens is 272 g/mol. The van der Waals surface area contributed by atoms with Gasteiger partial charge in [-0.1, -0.05) is 6.92 Å². The van der Waals surface area contributed by atoms with Gasteiger partial charge in [0.1, 0.15) is 0 Å². The lowest BCUT2D eigenvalue weighted by atomic mass is 10.0. The zero-order valence-corrected chi connectivity index (χ0v) is 12.8. The first kappa shape index (κ1) is 15.8. The summed E-state index contributed by atoms with van der Waals surface area (Å²) in [5.74, 6) is 0.511. The average Bonchev–Trinajstić information content (AvgIpc) is 3.05. The van der Waals surface area contributed by atoms with Crippen LogP contribution in [-0.2, 0) is 4.74 Å². The molecule has 0 bridgehead atoms. The molecule has 0 spiro atoms. The van der Waals surface area contributed by atoms with E-state index in [1.807, 2.05) is 17.7 Å². The highest BCUT2D eigenvalue weighted by molar-refractivity contribution is 5.88. The highest BCUT2D eigenvalue weighted by atomic mass is 16.5. The monoisotopic (exact) mass is 296 g/mol. The molecule has 2 unspecified atom stereocenters. The van der Waals surface area contributed by atoms with E-state index >= 15 is 0 Å². The van der Waals surface area contributed by atoms with E-state index in [1.165, 1.54) is 0 Å². The number of amides is 2. The Morgan fingerprint density at radius 1 is 1.67 bits per heavy atom. The number of aliphatic hydroxyl groups excluding tert-OH is 1. The fourth-order valence-electron chi connectivity index (χ4n) is 2.43. The predicted octanol–water partition coefficient (Wildman–Crippen LogP) is 1.44. The molecule has 2 atom stereocenters. The molecule has 0 aliphatic carbocycles. The van der Waals surface area contributed by atoms with Gasteiger partial charge in [0.15, 0.2) is 5.82 Å². The van der Waals surface area contributed by atoms with Crippen molar-refractivity contribution < 1.29 is 14.6 Å². The number of urea groups is 1. The average molecular weight is 296 g/mol. The molecule has 3 N–H and O–H groups in total. The van der Waals surface area contributed by atoms with E-state index in [4.69, 9.17) is 4.74 Å². The highest BCUT2D eigenvalue weighted by Crippen LogP contribution is 2.19. The van der Waals surface area contributed by atoms with Gasteiger partial charge in [0.25, 0.3) is 0 Å². The number of ether oxygens (including phenoxy) is 1. The molecule has 1 aromatic heterocycles. The second-order valence-electron chi connectivity index (χ2n) is 5.69. The van der Waals surface area contributed by atoms with E-state index < -0.39 is 5.54 Å². The van der Waals surface area contributed by atoms with Gasteiger partial charge in [-0.15, -0.1) is 0 Å². The zero-order valence-electron chi connectivity index (χ0n) is 12.8. The number of carbonyl (C=O) groups is 1. The van der Waals surface area contributed by atoms with Crippen LogP contribution in [0.5, 0.6) is 0 Å². The number of anilines is 1. The van der Waals surface area contributed by atoms with Crippen molar-refractivity contribution in [2.24, 2.45) is 0 Å². The number of aryl methyl sites for hydroxylation is 1. The topological polar surface area (TPSA) is 88.4 Å². The van der Waals surface area contributed by atoms with Gasteiger partial charge in [0.05, 0.1) is 18.8 Å². The lowest BCUT2D eigenvalue weighted by molar-refractivity contribution is 0.126. The van der Waals surface area contributed by atoms with Crippen molar-refractivity contribution >= 4 is 11.8 Å². The normalized spacial score (nSPS) is 23.0. The summed E-state index contributed by atoms with van der Waals surface area (Å²) < 4.78 is 7.15. The number of rotatable bonds is 5. The minimum atomic E-state index is -0.682.